The lowest BCUT2D eigenvalue weighted by Crippen LogP contribution is -2.27. The number of carbonyl (C=O) groups is 1. The molecule has 6 heteroatoms. The zero-order chi connectivity index (χ0) is 11.8. The maximum atomic E-state index is 11.6. The third kappa shape index (κ3) is 4.00. The number of hydrogen-bond acceptors (Lipinski definition) is 4. The Labute approximate surface area is 94.8 Å². The summed E-state index contributed by atoms with van der Waals surface area (Å²) in [5.74, 6) is -0.112. The Bertz CT molecular complexity index is 324. The van der Waals surface area contributed by atoms with E-state index in [-0.39, 0.29) is 5.91 Å². The highest BCUT2D eigenvalue weighted by molar-refractivity contribution is 5.92. The normalized spacial score (nSPS) is 10.4. The Hall–Kier alpha value is -1.40. The number of aryl methyl sites for hydroxylation is 1. The molecule has 16 heavy (non-hydrogen) atoms. The number of rotatable bonds is 7. The van der Waals surface area contributed by atoms with Gasteiger partial charge in [0.15, 0.2) is 0 Å². The maximum Gasteiger partial charge on any atom is 0.269 e. The van der Waals surface area contributed by atoms with Crippen molar-refractivity contribution in [2.75, 3.05) is 26.3 Å². The molecule has 0 spiro atoms. The smallest absolute Gasteiger partial charge is 0.269 e. The largest absolute Gasteiger partial charge is 0.380 e. The van der Waals surface area contributed by atoms with Crippen LogP contribution in [0.1, 0.15) is 16.9 Å². The van der Waals surface area contributed by atoms with Crippen LogP contribution in [-0.4, -0.2) is 42.0 Å². The summed E-state index contributed by atoms with van der Waals surface area (Å²) in [4.78, 5) is 11.6. The van der Waals surface area contributed by atoms with E-state index in [0.717, 1.165) is 6.42 Å². The zero-order valence-electron chi connectivity index (χ0n) is 9.48. The lowest BCUT2D eigenvalue weighted by molar-refractivity contribution is 0.0934. The molecule has 0 atom stereocenters. The van der Waals surface area contributed by atoms with Gasteiger partial charge in [0.25, 0.3) is 5.91 Å². The van der Waals surface area contributed by atoms with E-state index < -0.39 is 0 Å². The Morgan fingerprint density at radius 2 is 2.44 bits per heavy atom. The third-order valence-corrected chi connectivity index (χ3v) is 2.07. The number of carbonyl (C=O) groups excluding carboxylic acids is 1. The van der Waals surface area contributed by atoms with Crippen molar-refractivity contribution in [2.45, 2.75) is 6.42 Å². The number of hydrogen-bond donors (Lipinski definition) is 2. The fraction of sp³-hybridized carbons (Fsp3) is 0.600. The van der Waals surface area contributed by atoms with Crippen LogP contribution in [-0.2, 0) is 11.8 Å². The van der Waals surface area contributed by atoms with Crippen LogP contribution < -0.4 is 11.1 Å². The summed E-state index contributed by atoms with van der Waals surface area (Å²) >= 11 is 0. The molecule has 0 aliphatic carbocycles. The number of aromatic nitrogens is 2. The van der Waals surface area contributed by atoms with Crippen LogP contribution >= 0.6 is 0 Å². The molecule has 0 unspecified atom stereocenters. The van der Waals surface area contributed by atoms with E-state index in [1.54, 1.807) is 24.0 Å². The summed E-state index contributed by atoms with van der Waals surface area (Å²) in [6, 6.07) is 1.68. The van der Waals surface area contributed by atoms with Gasteiger partial charge in [0.2, 0.25) is 0 Å². The molecule has 1 aromatic heterocycles. The molecule has 3 N–H and O–H groups in total. The first-order valence-electron chi connectivity index (χ1n) is 5.29. The minimum atomic E-state index is -0.112. The van der Waals surface area contributed by atoms with Gasteiger partial charge in [-0.25, -0.2) is 0 Å². The van der Waals surface area contributed by atoms with Gasteiger partial charge in [-0.1, -0.05) is 0 Å². The third-order valence-electron chi connectivity index (χ3n) is 2.07. The lowest BCUT2D eigenvalue weighted by atomic mass is 10.3. The van der Waals surface area contributed by atoms with E-state index in [1.807, 2.05) is 0 Å². The van der Waals surface area contributed by atoms with Gasteiger partial charge < -0.3 is 15.8 Å². The summed E-state index contributed by atoms with van der Waals surface area (Å²) in [5.41, 5.74) is 5.83. The maximum absolute atomic E-state index is 11.6. The molecular weight excluding hydrogens is 208 g/mol. The van der Waals surface area contributed by atoms with Crippen LogP contribution in [0.15, 0.2) is 12.3 Å². The molecule has 1 aromatic rings. The van der Waals surface area contributed by atoms with Crippen molar-refractivity contribution in [3.05, 3.63) is 18.0 Å². The first-order valence-corrected chi connectivity index (χ1v) is 5.29. The van der Waals surface area contributed by atoms with Gasteiger partial charge in [0, 0.05) is 32.9 Å². The van der Waals surface area contributed by atoms with Crippen molar-refractivity contribution >= 4 is 5.91 Å². The lowest BCUT2D eigenvalue weighted by Gasteiger charge is -2.05. The molecule has 90 valence electrons. The summed E-state index contributed by atoms with van der Waals surface area (Å²) in [6.07, 6.45) is 2.38. The van der Waals surface area contributed by atoms with Crippen LogP contribution in [0.4, 0.5) is 0 Å². The van der Waals surface area contributed by atoms with Crippen LogP contribution in [0.25, 0.3) is 0 Å². The monoisotopic (exact) mass is 226 g/mol. The molecule has 0 bridgehead atoms. The van der Waals surface area contributed by atoms with Crippen LogP contribution in [0, 0.1) is 0 Å². The first kappa shape index (κ1) is 12.7. The zero-order valence-corrected chi connectivity index (χ0v) is 9.48. The highest BCUT2D eigenvalue weighted by atomic mass is 16.5. The molecule has 1 amide bonds. The van der Waals surface area contributed by atoms with Gasteiger partial charge in [0.1, 0.15) is 5.69 Å². The quantitative estimate of drug-likeness (QED) is 0.615. The van der Waals surface area contributed by atoms with Crippen molar-refractivity contribution in [3.8, 4) is 0 Å². The van der Waals surface area contributed by atoms with Crippen molar-refractivity contribution in [3.63, 3.8) is 0 Å². The highest BCUT2D eigenvalue weighted by Crippen LogP contribution is 1.95. The van der Waals surface area contributed by atoms with Crippen molar-refractivity contribution in [1.29, 1.82) is 0 Å². The predicted octanol–water partition coefficient (Wildman–Crippen LogP) is -0.485. The van der Waals surface area contributed by atoms with Crippen molar-refractivity contribution in [2.24, 2.45) is 12.8 Å². The van der Waals surface area contributed by atoms with Gasteiger partial charge >= 0.3 is 0 Å². The van der Waals surface area contributed by atoms with Gasteiger partial charge in [-0.2, -0.15) is 5.10 Å². The van der Waals surface area contributed by atoms with Gasteiger partial charge in [-0.3, -0.25) is 9.48 Å². The molecule has 6 nitrogen and oxygen atoms in total. The molecule has 0 aliphatic rings. The van der Waals surface area contributed by atoms with Crippen LogP contribution in [0.2, 0.25) is 0 Å². The van der Waals surface area contributed by atoms with E-state index in [4.69, 9.17) is 10.5 Å². The molecule has 0 saturated carbocycles. The van der Waals surface area contributed by atoms with E-state index in [1.165, 1.54) is 0 Å². The van der Waals surface area contributed by atoms with Gasteiger partial charge in [0.05, 0.1) is 6.61 Å². The van der Waals surface area contributed by atoms with Crippen LogP contribution in [0.5, 0.6) is 0 Å². The molecular formula is C10H18N4O2. The number of nitrogens with one attached hydrogen (secondary N) is 1. The molecule has 1 heterocycles. The SMILES string of the molecule is Cn1nccc1C(=O)NCCCOCCN. The topological polar surface area (TPSA) is 82.2 Å². The second-order valence-corrected chi connectivity index (χ2v) is 3.35. The van der Waals surface area contributed by atoms with E-state index in [2.05, 4.69) is 10.4 Å². The first-order chi connectivity index (χ1) is 7.75. The minimum Gasteiger partial charge on any atom is -0.380 e. The fourth-order valence-electron chi connectivity index (χ4n) is 1.25. The molecule has 0 aliphatic heterocycles. The Kier molecular flexibility index (Phi) is 5.52. The molecule has 0 radical (unpaired) electrons. The van der Waals surface area contributed by atoms with Crippen molar-refractivity contribution in [1.82, 2.24) is 15.1 Å². The molecule has 0 fully saturated rings. The molecule has 0 aromatic carbocycles. The average Bonchev–Trinajstić information content (AvgIpc) is 2.69. The average molecular weight is 226 g/mol. The number of nitrogens with zero attached hydrogens (tertiary/aromatic N) is 2. The number of ether oxygens (including phenoxy) is 1. The van der Waals surface area contributed by atoms with Gasteiger partial charge in [-0.15, -0.1) is 0 Å². The minimum absolute atomic E-state index is 0.112. The number of amides is 1. The Morgan fingerprint density at radius 3 is 3.06 bits per heavy atom. The standard InChI is InChI=1S/C10H18N4O2/c1-14-9(3-6-13-14)10(15)12-5-2-7-16-8-4-11/h3,6H,2,4-5,7-8,11H2,1H3,(H,12,15). The van der Waals surface area contributed by atoms with E-state index >= 15 is 0 Å². The van der Waals surface area contributed by atoms with Gasteiger partial charge in [-0.05, 0) is 12.5 Å². The summed E-state index contributed by atoms with van der Waals surface area (Å²) in [7, 11) is 1.74. The fourth-order valence-corrected chi connectivity index (χ4v) is 1.25. The van der Waals surface area contributed by atoms with E-state index in [9.17, 15) is 4.79 Å². The predicted molar refractivity (Wildman–Crippen MR) is 60.0 cm³/mol. The summed E-state index contributed by atoms with van der Waals surface area (Å²) in [5, 5.41) is 6.72. The van der Waals surface area contributed by atoms with Crippen molar-refractivity contribution < 1.29 is 9.53 Å². The summed E-state index contributed by atoms with van der Waals surface area (Å²) < 4.78 is 6.73. The second kappa shape index (κ2) is 6.97. The second-order valence-electron chi connectivity index (χ2n) is 3.35. The van der Waals surface area contributed by atoms with E-state index in [0.29, 0.717) is 32.0 Å². The highest BCUT2D eigenvalue weighted by Gasteiger charge is 2.07. The molecule has 0 saturated heterocycles. The molecule has 1 rings (SSSR count). The Morgan fingerprint density at radius 1 is 1.62 bits per heavy atom. The Balaban J connectivity index is 2.14. The number of nitrogens with two attached hydrogens (primary N) is 1. The summed E-state index contributed by atoms with van der Waals surface area (Å²) in [6.45, 7) is 2.30. The van der Waals surface area contributed by atoms with Crippen LogP contribution in [0.3, 0.4) is 0 Å².